The van der Waals surface area contributed by atoms with Crippen LogP contribution in [-0.4, -0.2) is 17.0 Å². The van der Waals surface area contributed by atoms with Crippen LogP contribution in [0.15, 0.2) is 0 Å². The highest BCUT2D eigenvalue weighted by molar-refractivity contribution is 6.48. The molecule has 1 rings (SSSR count). The molecule has 3 heteroatoms. The maximum atomic E-state index is 5.98. The highest BCUT2D eigenvalue weighted by Gasteiger charge is 2.36. The van der Waals surface area contributed by atoms with Crippen LogP contribution in [-0.2, 0) is 4.74 Å². The first-order valence-electron chi connectivity index (χ1n) is 3.66. The second-order valence-electron chi connectivity index (χ2n) is 2.63. The number of halogens is 2. The summed E-state index contributed by atoms with van der Waals surface area (Å²) in [6.45, 7) is 2.84. The molecule has 0 radical (unpaired) electrons. The van der Waals surface area contributed by atoms with Gasteiger partial charge in [-0.3, -0.25) is 0 Å². The minimum Gasteiger partial charge on any atom is -0.375 e. The first-order chi connectivity index (χ1) is 4.67. The van der Waals surface area contributed by atoms with Crippen LogP contribution in [0, 0.1) is 0 Å². The van der Waals surface area contributed by atoms with Gasteiger partial charge in [0.2, 0.25) is 0 Å². The summed E-state index contributed by atoms with van der Waals surface area (Å²) in [6.07, 6.45) is 2.76. The zero-order chi connectivity index (χ0) is 7.61. The molecule has 1 heterocycles. The van der Waals surface area contributed by atoms with E-state index in [4.69, 9.17) is 27.9 Å². The van der Waals surface area contributed by atoms with Gasteiger partial charge in [0.25, 0.3) is 0 Å². The molecule has 1 nitrogen and oxygen atoms in total. The smallest absolute Gasteiger partial charge is 0.144 e. The van der Waals surface area contributed by atoms with Crippen LogP contribution in [0.2, 0.25) is 0 Å². The molecule has 60 valence electrons. The van der Waals surface area contributed by atoms with Gasteiger partial charge in [-0.1, -0.05) is 30.1 Å². The predicted molar refractivity (Wildman–Crippen MR) is 43.7 cm³/mol. The summed E-state index contributed by atoms with van der Waals surface area (Å²) in [4.78, 5) is 0. The van der Waals surface area contributed by atoms with Crippen molar-refractivity contribution in [2.24, 2.45) is 0 Å². The van der Waals surface area contributed by atoms with Gasteiger partial charge in [-0.05, 0) is 19.3 Å². The van der Waals surface area contributed by atoms with Gasteiger partial charge in [0, 0.05) is 6.61 Å². The van der Waals surface area contributed by atoms with E-state index >= 15 is 0 Å². The van der Waals surface area contributed by atoms with Crippen molar-refractivity contribution >= 4 is 23.2 Å². The third-order valence-electron chi connectivity index (χ3n) is 1.82. The van der Waals surface area contributed by atoms with Crippen molar-refractivity contribution in [1.29, 1.82) is 0 Å². The van der Waals surface area contributed by atoms with Gasteiger partial charge in [0.15, 0.2) is 0 Å². The summed E-state index contributed by atoms with van der Waals surface area (Å²) >= 11 is 12.0. The largest absolute Gasteiger partial charge is 0.375 e. The molecule has 0 saturated carbocycles. The van der Waals surface area contributed by atoms with Crippen LogP contribution in [0.25, 0.3) is 0 Å². The van der Waals surface area contributed by atoms with Gasteiger partial charge >= 0.3 is 0 Å². The van der Waals surface area contributed by atoms with E-state index in [1.807, 2.05) is 6.92 Å². The maximum Gasteiger partial charge on any atom is 0.144 e. The second-order valence-corrected chi connectivity index (χ2v) is 4.17. The van der Waals surface area contributed by atoms with E-state index in [1.54, 1.807) is 0 Å². The number of hydrogen-bond donors (Lipinski definition) is 0. The van der Waals surface area contributed by atoms with Crippen molar-refractivity contribution < 1.29 is 4.74 Å². The van der Waals surface area contributed by atoms with E-state index in [0.717, 1.165) is 25.9 Å². The lowest BCUT2D eigenvalue weighted by atomic mass is 10.1. The molecular weight excluding hydrogens is 171 g/mol. The molecule has 0 N–H and O–H groups in total. The van der Waals surface area contributed by atoms with Crippen LogP contribution in [0.5, 0.6) is 0 Å². The van der Waals surface area contributed by atoms with E-state index in [-0.39, 0.29) is 6.10 Å². The zero-order valence-electron chi connectivity index (χ0n) is 6.07. The molecule has 1 aliphatic rings. The van der Waals surface area contributed by atoms with Crippen LogP contribution < -0.4 is 0 Å². The number of hydrogen-bond acceptors (Lipinski definition) is 1. The normalized spacial score (nSPS) is 32.1. The predicted octanol–water partition coefficient (Wildman–Crippen LogP) is 2.75. The van der Waals surface area contributed by atoms with Crippen LogP contribution >= 0.6 is 23.2 Å². The molecule has 0 spiro atoms. The third-order valence-corrected chi connectivity index (χ3v) is 2.68. The molecule has 1 saturated heterocycles. The Labute approximate surface area is 71.6 Å². The van der Waals surface area contributed by atoms with Crippen molar-refractivity contribution in [3.8, 4) is 0 Å². The molecule has 0 aromatic rings. The van der Waals surface area contributed by atoms with E-state index in [2.05, 4.69) is 0 Å². The van der Waals surface area contributed by atoms with E-state index in [9.17, 15) is 0 Å². The van der Waals surface area contributed by atoms with Gasteiger partial charge in [-0.25, -0.2) is 0 Å². The Morgan fingerprint density at radius 1 is 1.60 bits per heavy atom. The molecule has 1 aliphatic heterocycles. The van der Waals surface area contributed by atoms with E-state index < -0.39 is 4.33 Å². The molecular formula is C7H12Cl2O. The van der Waals surface area contributed by atoms with Crippen LogP contribution in [0.1, 0.15) is 26.2 Å². The van der Waals surface area contributed by atoms with Crippen molar-refractivity contribution in [2.75, 3.05) is 6.61 Å². The molecule has 0 amide bonds. The summed E-state index contributed by atoms with van der Waals surface area (Å²) < 4.78 is 4.75. The number of ether oxygens (including phenoxy) is 1. The molecule has 10 heavy (non-hydrogen) atoms. The third kappa shape index (κ3) is 1.77. The second kappa shape index (κ2) is 3.29. The highest BCUT2D eigenvalue weighted by Crippen LogP contribution is 2.37. The fourth-order valence-electron chi connectivity index (χ4n) is 1.23. The van der Waals surface area contributed by atoms with E-state index in [1.165, 1.54) is 0 Å². The molecule has 0 aromatic heterocycles. The lowest BCUT2D eigenvalue weighted by Crippen LogP contribution is -2.37. The Kier molecular flexibility index (Phi) is 2.84. The fourth-order valence-corrected chi connectivity index (χ4v) is 1.93. The average molecular weight is 183 g/mol. The Balaban J connectivity index is 2.51. The summed E-state index contributed by atoms with van der Waals surface area (Å²) in [6, 6.07) is 0. The first kappa shape index (κ1) is 8.63. The molecule has 1 unspecified atom stereocenters. The standard InChI is InChI=1S/C7H12Cl2O/c1-2-6-7(8,9)4-3-5-10-6/h6H,2-5H2,1H3. The minimum atomic E-state index is -0.632. The quantitative estimate of drug-likeness (QED) is 0.568. The zero-order valence-corrected chi connectivity index (χ0v) is 7.58. The Bertz CT molecular complexity index is 114. The van der Waals surface area contributed by atoms with Gasteiger partial charge in [0.1, 0.15) is 4.33 Å². The van der Waals surface area contributed by atoms with Gasteiger partial charge < -0.3 is 4.74 Å². The summed E-state index contributed by atoms with van der Waals surface area (Å²) in [5.74, 6) is 0. The first-order valence-corrected chi connectivity index (χ1v) is 4.42. The monoisotopic (exact) mass is 182 g/mol. The van der Waals surface area contributed by atoms with Crippen molar-refractivity contribution in [2.45, 2.75) is 36.6 Å². The molecule has 1 atom stereocenters. The Morgan fingerprint density at radius 3 is 2.70 bits per heavy atom. The average Bonchev–Trinajstić information content (AvgIpc) is 1.87. The highest BCUT2D eigenvalue weighted by atomic mass is 35.5. The molecule has 0 aliphatic carbocycles. The van der Waals surface area contributed by atoms with Crippen LogP contribution in [0.3, 0.4) is 0 Å². The van der Waals surface area contributed by atoms with Crippen molar-refractivity contribution in [1.82, 2.24) is 0 Å². The van der Waals surface area contributed by atoms with E-state index in [0.29, 0.717) is 0 Å². The Hall–Kier alpha value is 0.540. The summed E-state index contributed by atoms with van der Waals surface area (Å²) in [5, 5.41) is 0. The Morgan fingerprint density at radius 2 is 2.30 bits per heavy atom. The number of alkyl halides is 2. The van der Waals surface area contributed by atoms with Gasteiger partial charge in [-0.15, -0.1) is 0 Å². The summed E-state index contributed by atoms with van der Waals surface area (Å²) in [5.41, 5.74) is 0. The maximum absolute atomic E-state index is 5.98. The molecule has 1 fully saturated rings. The van der Waals surface area contributed by atoms with Gasteiger partial charge in [-0.2, -0.15) is 0 Å². The molecule has 0 aromatic carbocycles. The molecule has 0 bridgehead atoms. The number of rotatable bonds is 1. The topological polar surface area (TPSA) is 9.23 Å². The van der Waals surface area contributed by atoms with Gasteiger partial charge in [0.05, 0.1) is 6.10 Å². The lowest BCUT2D eigenvalue weighted by molar-refractivity contribution is 0.00695. The summed E-state index contributed by atoms with van der Waals surface area (Å²) in [7, 11) is 0. The lowest BCUT2D eigenvalue weighted by Gasteiger charge is -2.33. The minimum absolute atomic E-state index is 0.0320. The van der Waals surface area contributed by atoms with Crippen molar-refractivity contribution in [3.05, 3.63) is 0 Å². The SMILES string of the molecule is CCC1OCCCC1(Cl)Cl. The van der Waals surface area contributed by atoms with Crippen molar-refractivity contribution in [3.63, 3.8) is 0 Å². The van der Waals surface area contributed by atoms with Crippen LogP contribution in [0.4, 0.5) is 0 Å². The fraction of sp³-hybridized carbons (Fsp3) is 1.00.